The fraction of sp³-hybridized carbons (Fsp3) is 0.351. The van der Waals surface area contributed by atoms with Gasteiger partial charge in [-0.2, -0.15) is 0 Å². The lowest BCUT2D eigenvalue weighted by Crippen LogP contribution is -2.70. The highest BCUT2D eigenvalue weighted by molar-refractivity contribution is 9.11. The van der Waals surface area contributed by atoms with Gasteiger partial charge in [0.2, 0.25) is 0 Å². The van der Waals surface area contributed by atoms with Gasteiger partial charge in [-0.3, -0.25) is 0 Å². The Morgan fingerprint density at radius 2 is 1.24 bits per heavy atom. The Kier molecular flexibility index (Phi) is 16.2. The van der Waals surface area contributed by atoms with E-state index in [0.29, 0.717) is 27.5 Å². The second-order valence-corrected chi connectivity index (χ2v) is 63.9. The molecule has 54 heavy (non-hydrogen) atoms. The van der Waals surface area contributed by atoms with Gasteiger partial charge in [0.05, 0.1) is 20.8 Å². The highest BCUT2D eigenvalue weighted by Gasteiger charge is 2.46. The van der Waals surface area contributed by atoms with Gasteiger partial charge in [0.1, 0.15) is 5.82 Å². The summed E-state index contributed by atoms with van der Waals surface area (Å²) < 4.78 is 55.7. The molecule has 0 bridgehead atoms. The molecule has 2 aromatic heterocycles. The number of anilines is 2. The van der Waals surface area contributed by atoms with Crippen molar-refractivity contribution in [3.05, 3.63) is 117 Å². The molecule has 3 heterocycles. The topological polar surface area (TPSA) is 101 Å². The molecule has 1 aliphatic rings. The SMILES string of the molecule is C=CCN(c1ncc(Br)cc1Br)S(=O)(=O)c1ccccc1.CC1CN(S(=O)(=O)c2ccccc2)c2ncc(Br)cc21.C[Si](C)(C)[SiH]([Si](C)(C)C)[Si](C)(C)C. The predicted molar refractivity (Wildman–Crippen MR) is 249 cm³/mol. The minimum atomic E-state index is -3.70. The van der Waals surface area contributed by atoms with Crippen LogP contribution in [0.1, 0.15) is 18.4 Å². The number of hydrogen-bond acceptors (Lipinski definition) is 6. The van der Waals surface area contributed by atoms with Crippen LogP contribution < -0.4 is 8.61 Å². The number of fused-ring (bicyclic) bond motifs is 1. The van der Waals surface area contributed by atoms with E-state index >= 15 is 0 Å². The van der Waals surface area contributed by atoms with E-state index in [-0.39, 0.29) is 24.7 Å². The lowest BCUT2D eigenvalue weighted by molar-refractivity contribution is 0.589. The van der Waals surface area contributed by atoms with E-state index in [0.717, 1.165) is 14.5 Å². The van der Waals surface area contributed by atoms with Gasteiger partial charge in [0, 0.05) is 69.5 Å². The first-order valence-corrected chi connectivity index (χ1v) is 38.7. The number of benzene rings is 2. The predicted octanol–water partition coefficient (Wildman–Crippen LogP) is 10.6. The second kappa shape index (κ2) is 18.7. The maximum atomic E-state index is 12.8. The Morgan fingerprint density at radius 1 is 0.778 bits per heavy atom. The van der Waals surface area contributed by atoms with Crippen LogP contribution in [-0.2, 0) is 20.0 Å². The molecule has 0 amide bonds. The van der Waals surface area contributed by atoms with E-state index in [4.69, 9.17) is 0 Å². The van der Waals surface area contributed by atoms with Crippen molar-refractivity contribution in [1.82, 2.24) is 9.97 Å². The zero-order valence-electron chi connectivity index (χ0n) is 32.8. The molecular formula is C37H53Br3N4O4S2Si4. The zero-order valence-corrected chi connectivity index (χ0v) is 43.4. The number of rotatable bonds is 10. The van der Waals surface area contributed by atoms with Gasteiger partial charge in [-0.15, -0.1) is 6.58 Å². The van der Waals surface area contributed by atoms with Crippen LogP contribution in [0.4, 0.5) is 11.6 Å². The Bertz CT molecular complexity index is 2080. The molecule has 1 aliphatic heterocycles. The molecule has 0 aliphatic carbocycles. The fourth-order valence-corrected chi connectivity index (χ4v) is 114. The van der Waals surface area contributed by atoms with Gasteiger partial charge in [-0.1, -0.05) is 108 Å². The van der Waals surface area contributed by atoms with Crippen molar-refractivity contribution >= 4 is 110 Å². The highest BCUT2D eigenvalue weighted by Crippen LogP contribution is 2.39. The van der Waals surface area contributed by atoms with E-state index in [1.54, 1.807) is 79.1 Å². The molecule has 8 nitrogen and oxygen atoms in total. The van der Waals surface area contributed by atoms with Crippen LogP contribution in [0.15, 0.2) is 121 Å². The van der Waals surface area contributed by atoms with Crippen molar-refractivity contribution < 1.29 is 16.8 Å². The Balaban J connectivity index is 0.000000225. The molecule has 0 saturated heterocycles. The first-order chi connectivity index (χ1) is 24.8. The average molecular weight is 1030 g/mol. The summed E-state index contributed by atoms with van der Waals surface area (Å²) >= 11 is 10.0. The first-order valence-electron chi connectivity index (χ1n) is 17.6. The summed E-state index contributed by atoms with van der Waals surface area (Å²) in [4.78, 5) is 8.98. The van der Waals surface area contributed by atoms with Crippen molar-refractivity contribution in [3.8, 4) is 0 Å². The summed E-state index contributed by atoms with van der Waals surface area (Å²) in [6, 6.07) is 20.4. The van der Waals surface area contributed by atoms with Gasteiger partial charge in [-0.25, -0.2) is 35.4 Å². The number of nitrogens with zero attached hydrogens (tertiary/aromatic N) is 4. The maximum Gasteiger partial charge on any atom is 0.265 e. The van der Waals surface area contributed by atoms with Crippen LogP contribution in [0, 0.1) is 0 Å². The smallest absolute Gasteiger partial charge is 0.249 e. The third kappa shape index (κ3) is 11.9. The van der Waals surface area contributed by atoms with E-state index in [2.05, 4.69) is 123 Å². The Hall–Kier alpha value is -1.71. The highest BCUT2D eigenvalue weighted by atomic mass is 79.9. The Labute approximate surface area is 353 Å². The van der Waals surface area contributed by atoms with Crippen LogP contribution in [0.5, 0.6) is 0 Å². The zero-order chi connectivity index (χ0) is 40.9. The van der Waals surface area contributed by atoms with Crippen LogP contribution in [0.3, 0.4) is 0 Å². The number of aromatic nitrogens is 2. The molecule has 5 rings (SSSR count). The maximum absolute atomic E-state index is 12.8. The third-order valence-electron chi connectivity index (χ3n) is 8.65. The molecule has 0 radical (unpaired) electrons. The summed E-state index contributed by atoms with van der Waals surface area (Å²) in [7, 11) is -10.0. The van der Waals surface area contributed by atoms with E-state index in [9.17, 15) is 16.8 Å². The minimum absolute atomic E-state index is 0.129. The van der Waals surface area contributed by atoms with Gasteiger partial charge in [0.15, 0.2) is 5.82 Å². The summed E-state index contributed by atoms with van der Waals surface area (Å²) in [5.74, 6) is 0.986. The van der Waals surface area contributed by atoms with Crippen LogP contribution in [0.2, 0.25) is 58.9 Å². The molecule has 2 aromatic carbocycles. The molecule has 0 saturated carbocycles. The van der Waals surface area contributed by atoms with Crippen molar-refractivity contribution in [2.75, 3.05) is 21.7 Å². The molecule has 294 valence electrons. The van der Waals surface area contributed by atoms with Gasteiger partial charge in [-0.05, 0) is 84.2 Å². The average Bonchev–Trinajstić information content (AvgIpc) is 3.39. The van der Waals surface area contributed by atoms with Crippen LogP contribution >= 0.6 is 47.8 Å². The lowest BCUT2D eigenvalue weighted by Gasteiger charge is -2.45. The molecule has 0 fully saturated rings. The molecule has 0 N–H and O–H groups in total. The molecule has 1 atom stereocenters. The van der Waals surface area contributed by atoms with E-state index in [1.807, 2.05) is 13.0 Å². The molecule has 1 unspecified atom stereocenters. The van der Waals surface area contributed by atoms with Crippen molar-refractivity contribution in [1.29, 1.82) is 0 Å². The standard InChI is InChI=1S/C14H12Br2N2O2S.C14H13BrN2O2S.C9H28Si4/c1-2-8-18(14-13(16)9-11(15)10-17-14)21(19,20)12-6-4-3-5-7-12;1-10-9-17(14-13(10)7-11(15)8-16-14)20(18,19)12-5-3-2-4-6-12;1-11(2,3)10(12(4,5)6)13(7,8)9/h2-7,9-10H,1,8H2;2-8,10H,9H2,1H3;10H,1-9H3. The summed E-state index contributed by atoms with van der Waals surface area (Å²) in [6.07, 6.45) is 4.71. The van der Waals surface area contributed by atoms with Gasteiger partial charge < -0.3 is 0 Å². The lowest BCUT2D eigenvalue weighted by atomic mass is 10.1. The van der Waals surface area contributed by atoms with Crippen molar-refractivity contribution in [2.45, 2.75) is 81.6 Å². The van der Waals surface area contributed by atoms with Gasteiger partial charge in [0.25, 0.3) is 20.0 Å². The summed E-state index contributed by atoms with van der Waals surface area (Å²) in [6.45, 7) is 29.8. The van der Waals surface area contributed by atoms with Gasteiger partial charge >= 0.3 is 0 Å². The third-order valence-corrected chi connectivity index (χ3v) is 81.2. The number of halogens is 3. The fourth-order valence-electron chi connectivity index (χ4n) is 8.01. The summed E-state index contributed by atoms with van der Waals surface area (Å²) in [5, 5.41) is 0. The largest absolute Gasteiger partial charge is 0.265 e. The Morgan fingerprint density at radius 3 is 1.69 bits per heavy atom. The number of pyridine rings is 2. The quantitative estimate of drug-likeness (QED) is 0.116. The van der Waals surface area contributed by atoms with Crippen molar-refractivity contribution in [3.63, 3.8) is 0 Å². The van der Waals surface area contributed by atoms with E-state index < -0.39 is 42.8 Å². The minimum Gasteiger partial charge on any atom is -0.249 e. The molecule has 17 heteroatoms. The monoisotopic (exact) mass is 1030 g/mol. The van der Waals surface area contributed by atoms with E-state index in [1.165, 1.54) is 14.7 Å². The van der Waals surface area contributed by atoms with Crippen LogP contribution in [0.25, 0.3) is 0 Å². The molecule has 0 spiro atoms. The molecular weight excluding hydrogens is 981 g/mol. The molecule has 4 aromatic rings. The van der Waals surface area contributed by atoms with Crippen molar-refractivity contribution in [2.24, 2.45) is 0 Å². The number of hydrogen-bond donors (Lipinski definition) is 0. The van der Waals surface area contributed by atoms with Crippen LogP contribution in [-0.4, -0.2) is 70.0 Å². The normalized spacial score (nSPS) is 14.7. The first kappa shape index (κ1) is 46.7. The summed E-state index contributed by atoms with van der Waals surface area (Å²) in [5.41, 5.74) is 0.957. The number of sulfonamides is 2. The second-order valence-electron chi connectivity index (χ2n) is 16.4.